The van der Waals surface area contributed by atoms with Gasteiger partial charge in [0.2, 0.25) is 0 Å². The standard InChI is InChI=1S/C19H20FNO2/c20-16-9-4-8-15(12-16)19(23)21-11-5-10-17(21)13-18(22)14-6-2-1-3-7-14/h1-4,6-9,12,17-18,22H,5,10-11,13H2. The highest BCUT2D eigenvalue weighted by atomic mass is 19.1. The number of halogens is 1. The Balaban J connectivity index is 1.71. The van der Waals surface area contributed by atoms with Crippen molar-refractivity contribution < 1.29 is 14.3 Å². The molecule has 0 spiro atoms. The van der Waals surface area contributed by atoms with Gasteiger partial charge in [0, 0.05) is 18.2 Å². The van der Waals surface area contributed by atoms with Gasteiger partial charge < -0.3 is 10.0 Å². The number of carbonyl (C=O) groups excluding carboxylic acids is 1. The van der Waals surface area contributed by atoms with Crippen LogP contribution in [0.25, 0.3) is 0 Å². The zero-order chi connectivity index (χ0) is 16.2. The van der Waals surface area contributed by atoms with E-state index in [9.17, 15) is 14.3 Å². The Hall–Kier alpha value is -2.20. The maximum atomic E-state index is 13.3. The highest BCUT2D eigenvalue weighted by Crippen LogP contribution is 2.28. The number of carbonyl (C=O) groups is 1. The molecule has 2 unspecified atom stereocenters. The van der Waals surface area contributed by atoms with Crippen molar-refractivity contribution in [2.45, 2.75) is 31.4 Å². The molecule has 2 aromatic carbocycles. The third kappa shape index (κ3) is 3.59. The van der Waals surface area contributed by atoms with Gasteiger partial charge in [-0.2, -0.15) is 0 Å². The van der Waals surface area contributed by atoms with Gasteiger partial charge >= 0.3 is 0 Å². The first-order valence-corrected chi connectivity index (χ1v) is 7.94. The minimum absolute atomic E-state index is 0.0130. The molecule has 1 saturated heterocycles. The predicted octanol–water partition coefficient (Wildman–Crippen LogP) is 3.55. The van der Waals surface area contributed by atoms with Crippen molar-refractivity contribution in [1.82, 2.24) is 4.90 Å². The average Bonchev–Trinajstić information content (AvgIpc) is 3.03. The lowest BCUT2D eigenvalue weighted by atomic mass is 10.00. The lowest BCUT2D eigenvalue weighted by Gasteiger charge is -2.27. The third-order valence-electron chi connectivity index (χ3n) is 4.39. The topological polar surface area (TPSA) is 40.5 Å². The number of aliphatic hydroxyl groups is 1. The zero-order valence-electron chi connectivity index (χ0n) is 12.9. The molecule has 0 radical (unpaired) electrons. The van der Waals surface area contributed by atoms with Crippen molar-refractivity contribution in [3.8, 4) is 0 Å². The summed E-state index contributed by atoms with van der Waals surface area (Å²) in [5, 5.41) is 10.4. The summed E-state index contributed by atoms with van der Waals surface area (Å²) in [6, 6.07) is 15.2. The van der Waals surface area contributed by atoms with E-state index in [2.05, 4.69) is 0 Å². The van der Waals surface area contributed by atoms with Crippen molar-refractivity contribution in [2.75, 3.05) is 6.54 Å². The maximum Gasteiger partial charge on any atom is 0.254 e. The van der Waals surface area contributed by atoms with Crippen LogP contribution in [-0.2, 0) is 0 Å². The fourth-order valence-corrected chi connectivity index (χ4v) is 3.20. The molecule has 1 aliphatic rings. The summed E-state index contributed by atoms with van der Waals surface area (Å²) < 4.78 is 13.3. The number of benzene rings is 2. The van der Waals surface area contributed by atoms with Crippen LogP contribution in [0.2, 0.25) is 0 Å². The smallest absolute Gasteiger partial charge is 0.254 e. The van der Waals surface area contributed by atoms with E-state index < -0.39 is 11.9 Å². The molecule has 2 atom stereocenters. The van der Waals surface area contributed by atoms with Crippen LogP contribution in [0.3, 0.4) is 0 Å². The van der Waals surface area contributed by atoms with Crippen molar-refractivity contribution in [1.29, 1.82) is 0 Å². The molecule has 1 aliphatic heterocycles. The summed E-state index contributed by atoms with van der Waals surface area (Å²) >= 11 is 0. The highest BCUT2D eigenvalue weighted by Gasteiger charge is 2.31. The summed E-state index contributed by atoms with van der Waals surface area (Å²) in [6.45, 7) is 0.654. The molecule has 0 aromatic heterocycles. The van der Waals surface area contributed by atoms with E-state index in [-0.39, 0.29) is 11.9 Å². The normalized spacial score (nSPS) is 18.9. The van der Waals surface area contributed by atoms with Crippen LogP contribution in [0.5, 0.6) is 0 Å². The molecular formula is C19H20FNO2. The average molecular weight is 313 g/mol. The monoisotopic (exact) mass is 313 g/mol. The third-order valence-corrected chi connectivity index (χ3v) is 4.39. The molecule has 1 heterocycles. The van der Waals surface area contributed by atoms with Crippen LogP contribution in [0.15, 0.2) is 54.6 Å². The largest absolute Gasteiger partial charge is 0.388 e. The summed E-state index contributed by atoms with van der Waals surface area (Å²) in [5.41, 5.74) is 1.23. The predicted molar refractivity (Wildman–Crippen MR) is 86.5 cm³/mol. The number of amides is 1. The molecule has 0 saturated carbocycles. The van der Waals surface area contributed by atoms with Gasteiger partial charge in [0.25, 0.3) is 5.91 Å². The molecule has 23 heavy (non-hydrogen) atoms. The Bertz CT molecular complexity index is 674. The van der Waals surface area contributed by atoms with Gasteiger partial charge in [-0.1, -0.05) is 36.4 Å². The van der Waals surface area contributed by atoms with E-state index in [0.29, 0.717) is 18.5 Å². The second-order valence-corrected chi connectivity index (χ2v) is 5.97. The van der Waals surface area contributed by atoms with Gasteiger partial charge in [-0.3, -0.25) is 4.79 Å². The SMILES string of the molecule is O=C(c1cccc(F)c1)N1CCCC1CC(O)c1ccccc1. The highest BCUT2D eigenvalue weighted by molar-refractivity contribution is 5.94. The van der Waals surface area contributed by atoms with Gasteiger partial charge in [-0.05, 0) is 43.0 Å². The first-order chi connectivity index (χ1) is 11.1. The van der Waals surface area contributed by atoms with Crippen LogP contribution >= 0.6 is 0 Å². The minimum atomic E-state index is -0.595. The number of nitrogens with zero attached hydrogens (tertiary/aromatic N) is 1. The lowest BCUT2D eigenvalue weighted by Crippen LogP contribution is -2.36. The van der Waals surface area contributed by atoms with E-state index in [1.807, 2.05) is 30.3 Å². The van der Waals surface area contributed by atoms with E-state index in [1.165, 1.54) is 12.1 Å². The van der Waals surface area contributed by atoms with Crippen LogP contribution in [0, 0.1) is 5.82 Å². The van der Waals surface area contributed by atoms with Gasteiger partial charge in [0.1, 0.15) is 5.82 Å². The van der Waals surface area contributed by atoms with E-state index >= 15 is 0 Å². The number of rotatable bonds is 4. The van der Waals surface area contributed by atoms with E-state index in [1.54, 1.807) is 17.0 Å². The van der Waals surface area contributed by atoms with Crippen molar-refractivity contribution in [3.63, 3.8) is 0 Å². The Kier molecular flexibility index (Phi) is 4.72. The molecule has 1 amide bonds. The van der Waals surface area contributed by atoms with Crippen molar-refractivity contribution in [2.24, 2.45) is 0 Å². The van der Waals surface area contributed by atoms with Crippen molar-refractivity contribution >= 4 is 5.91 Å². The number of aliphatic hydroxyl groups excluding tert-OH is 1. The van der Waals surface area contributed by atoms with Gasteiger partial charge in [-0.25, -0.2) is 4.39 Å². The minimum Gasteiger partial charge on any atom is -0.388 e. The lowest BCUT2D eigenvalue weighted by molar-refractivity contribution is 0.0666. The maximum absolute atomic E-state index is 13.3. The Morgan fingerprint density at radius 2 is 2.00 bits per heavy atom. The van der Waals surface area contributed by atoms with Gasteiger partial charge in [0.05, 0.1) is 6.10 Å². The zero-order valence-corrected chi connectivity index (χ0v) is 12.9. The molecule has 1 fully saturated rings. The van der Waals surface area contributed by atoms with Gasteiger partial charge in [0.15, 0.2) is 0 Å². The van der Waals surface area contributed by atoms with E-state index in [4.69, 9.17) is 0 Å². The quantitative estimate of drug-likeness (QED) is 0.937. The van der Waals surface area contributed by atoms with Crippen LogP contribution in [0.1, 0.15) is 41.3 Å². The second kappa shape index (κ2) is 6.92. The fourth-order valence-electron chi connectivity index (χ4n) is 3.20. The molecule has 120 valence electrons. The van der Waals surface area contributed by atoms with Gasteiger partial charge in [-0.15, -0.1) is 0 Å². The summed E-state index contributed by atoms with van der Waals surface area (Å²) in [7, 11) is 0. The van der Waals surface area contributed by atoms with Crippen molar-refractivity contribution in [3.05, 3.63) is 71.5 Å². The Labute approximate surface area is 135 Å². The molecular weight excluding hydrogens is 293 g/mol. The molecule has 4 heteroatoms. The summed E-state index contributed by atoms with van der Waals surface area (Å²) in [5.74, 6) is -0.567. The Morgan fingerprint density at radius 3 is 2.74 bits per heavy atom. The molecule has 2 aromatic rings. The number of likely N-dealkylation sites (tertiary alicyclic amines) is 1. The molecule has 0 bridgehead atoms. The second-order valence-electron chi connectivity index (χ2n) is 5.97. The summed E-state index contributed by atoms with van der Waals surface area (Å²) in [6.07, 6.45) is 1.69. The fraction of sp³-hybridized carbons (Fsp3) is 0.316. The first kappa shape index (κ1) is 15.7. The number of hydrogen-bond donors (Lipinski definition) is 1. The molecule has 0 aliphatic carbocycles. The van der Waals surface area contributed by atoms with Crippen LogP contribution < -0.4 is 0 Å². The van der Waals surface area contributed by atoms with Crippen LogP contribution in [-0.4, -0.2) is 28.5 Å². The molecule has 3 rings (SSSR count). The summed E-state index contributed by atoms with van der Waals surface area (Å²) in [4.78, 5) is 14.4. The molecule has 3 nitrogen and oxygen atoms in total. The van der Waals surface area contributed by atoms with Crippen LogP contribution in [0.4, 0.5) is 4.39 Å². The number of hydrogen-bond acceptors (Lipinski definition) is 2. The van der Waals surface area contributed by atoms with E-state index in [0.717, 1.165) is 18.4 Å². The first-order valence-electron chi connectivity index (χ1n) is 7.94. The Morgan fingerprint density at radius 1 is 1.22 bits per heavy atom. The molecule has 1 N–H and O–H groups in total.